The van der Waals surface area contributed by atoms with Crippen LogP contribution in [0, 0.1) is 0 Å². The van der Waals surface area contributed by atoms with E-state index in [4.69, 9.17) is 30.1 Å². The van der Waals surface area contributed by atoms with E-state index in [1.165, 1.54) is 0 Å². The van der Waals surface area contributed by atoms with Crippen molar-refractivity contribution in [3.05, 3.63) is 0 Å². The van der Waals surface area contributed by atoms with Crippen molar-refractivity contribution in [3.63, 3.8) is 0 Å². The second-order valence-corrected chi connectivity index (χ2v) is 9.26. The predicted octanol–water partition coefficient (Wildman–Crippen LogP) is -2.31. The Hall–Kier alpha value is -2.41. The monoisotopic (exact) mass is 562 g/mol. The van der Waals surface area contributed by atoms with Gasteiger partial charge in [-0.05, 0) is 0 Å². The van der Waals surface area contributed by atoms with Crippen LogP contribution in [0.3, 0.4) is 0 Å². The second kappa shape index (κ2) is 20.6. The Kier molecular flexibility index (Phi) is 21.8. The minimum atomic E-state index is -3.84. The molecule has 1 heterocycles. The number of carbonyl (C=O) groups is 4. The normalized spacial score (nSPS) is 14.2. The van der Waals surface area contributed by atoms with Crippen LogP contribution in [0.25, 0.3) is 0 Å². The summed E-state index contributed by atoms with van der Waals surface area (Å²) in [7, 11) is -3.84. The number of carboxylic acid groups (broad SMARTS) is 4. The van der Waals surface area contributed by atoms with Crippen LogP contribution in [0.4, 0.5) is 0 Å². The highest BCUT2D eigenvalue weighted by Crippen LogP contribution is 2.01. The summed E-state index contributed by atoms with van der Waals surface area (Å²) in [6.45, 7) is 2.21. The molecule has 1 aliphatic rings. The van der Waals surface area contributed by atoms with Crippen molar-refractivity contribution in [1.29, 1.82) is 0 Å². The topological polar surface area (TPSA) is 237 Å². The highest BCUT2D eigenvalue weighted by atomic mass is 32.2. The summed E-state index contributed by atoms with van der Waals surface area (Å²) in [5.74, 6) is -5.11. The first kappa shape index (κ1) is 39.1. The molecule has 17 heteroatoms. The first-order valence-corrected chi connectivity index (χ1v) is 12.1. The summed E-state index contributed by atoms with van der Waals surface area (Å²) in [6, 6.07) is 0. The molecule has 0 unspecified atom stereocenters. The number of β-amino-alcohol motifs (C(OH)–C–C–N with tert-alkyl or cyclic N) is 1. The fourth-order valence-electron chi connectivity index (χ4n) is 3.10. The van der Waals surface area contributed by atoms with Crippen LogP contribution < -0.4 is 0 Å². The standard InChI is InChI=1S/C10H16N2O8.C8H18N2O4S.2CH4/c13-7(14)3-11(4-8(15)16)1-2-12(5-9(17)18)6-10(19)20;11-7-5-9-1-3-10(4-2-9)6-8-15(12,13)14;;/h1-6H2,(H,13,14)(H,15,16)(H,17,18)(H,19,20);11H,1-8H2,(H,12,13,14);2*1H4. The van der Waals surface area contributed by atoms with E-state index in [2.05, 4.69) is 4.90 Å². The number of rotatable bonds is 16. The molecule has 0 bridgehead atoms. The van der Waals surface area contributed by atoms with E-state index in [1.807, 2.05) is 4.90 Å². The maximum absolute atomic E-state index is 10.6. The third-order valence-corrected chi connectivity index (χ3v) is 5.41. The lowest BCUT2D eigenvalue weighted by Gasteiger charge is -2.33. The van der Waals surface area contributed by atoms with E-state index < -0.39 is 60.2 Å². The number of hydrogen-bond acceptors (Lipinski definition) is 11. The van der Waals surface area contributed by atoms with Gasteiger partial charge in [0.05, 0.1) is 38.5 Å². The molecule has 0 saturated carbocycles. The van der Waals surface area contributed by atoms with Crippen molar-refractivity contribution < 1.29 is 57.7 Å². The van der Waals surface area contributed by atoms with E-state index in [0.717, 1.165) is 36.0 Å². The summed E-state index contributed by atoms with van der Waals surface area (Å²) in [5, 5.41) is 43.2. The Balaban J connectivity index is -0.000000612. The van der Waals surface area contributed by atoms with Crippen molar-refractivity contribution in [2.45, 2.75) is 14.9 Å². The predicted molar refractivity (Wildman–Crippen MR) is 133 cm³/mol. The van der Waals surface area contributed by atoms with Gasteiger partial charge in [-0.15, -0.1) is 0 Å². The van der Waals surface area contributed by atoms with Crippen molar-refractivity contribution in [3.8, 4) is 0 Å². The van der Waals surface area contributed by atoms with Gasteiger partial charge in [0.2, 0.25) is 0 Å². The molecule has 0 aliphatic carbocycles. The second-order valence-electron chi connectivity index (χ2n) is 7.69. The van der Waals surface area contributed by atoms with Crippen LogP contribution >= 0.6 is 0 Å². The summed E-state index contributed by atoms with van der Waals surface area (Å²) < 4.78 is 29.6. The molecule has 1 aliphatic heterocycles. The highest BCUT2D eigenvalue weighted by molar-refractivity contribution is 7.85. The fourth-order valence-corrected chi connectivity index (χ4v) is 3.59. The first-order chi connectivity index (χ1) is 16.2. The van der Waals surface area contributed by atoms with Crippen LogP contribution in [0.15, 0.2) is 0 Å². The number of piperazine rings is 1. The zero-order chi connectivity index (χ0) is 27.0. The number of aliphatic carboxylic acids is 4. The van der Waals surface area contributed by atoms with Crippen molar-refractivity contribution in [2.75, 3.05) is 90.9 Å². The molecule has 0 aromatic heterocycles. The van der Waals surface area contributed by atoms with E-state index in [9.17, 15) is 27.6 Å². The molecule has 0 aromatic carbocycles. The molecule has 16 nitrogen and oxygen atoms in total. The third-order valence-electron chi connectivity index (χ3n) is 4.71. The molecular weight excluding hydrogens is 520 g/mol. The van der Waals surface area contributed by atoms with E-state index in [-0.39, 0.29) is 40.3 Å². The molecule has 0 spiro atoms. The lowest BCUT2D eigenvalue weighted by molar-refractivity contribution is -0.145. The van der Waals surface area contributed by atoms with Gasteiger partial charge in [0, 0.05) is 52.4 Å². The Morgan fingerprint density at radius 3 is 1.19 bits per heavy atom. The molecule has 1 saturated heterocycles. The van der Waals surface area contributed by atoms with Gasteiger partial charge in [-0.1, -0.05) is 14.9 Å². The molecule has 6 N–H and O–H groups in total. The maximum atomic E-state index is 10.6. The lowest BCUT2D eigenvalue weighted by atomic mass is 10.3. The van der Waals surface area contributed by atoms with E-state index >= 15 is 0 Å². The molecule has 1 fully saturated rings. The molecular formula is C20H42N4O12S. The average molecular weight is 563 g/mol. The van der Waals surface area contributed by atoms with Crippen LogP contribution in [0.2, 0.25) is 0 Å². The molecule has 0 atom stereocenters. The smallest absolute Gasteiger partial charge is 0.317 e. The maximum Gasteiger partial charge on any atom is 0.317 e. The highest BCUT2D eigenvalue weighted by Gasteiger charge is 2.19. The minimum Gasteiger partial charge on any atom is -0.480 e. The minimum absolute atomic E-state index is 0. The Morgan fingerprint density at radius 2 is 0.946 bits per heavy atom. The summed E-state index contributed by atoms with van der Waals surface area (Å²) in [5.41, 5.74) is 0. The van der Waals surface area contributed by atoms with E-state index in [0.29, 0.717) is 13.1 Å². The van der Waals surface area contributed by atoms with Gasteiger partial charge in [-0.2, -0.15) is 8.42 Å². The Bertz CT molecular complexity index is 720. The van der Waals surface area contributed by atoms with Gasteiger partial charge in [-0.3, -0.25) is 43.3 Å². The molecule has 220 valence electrons. The summed E-state index contributed by atoms with van der Waals surface area (Å²) in [4.78, 5) is 48.5. The summed E-state index contributed by atoms with van der Waals surface area (Å²) in [6.07, 6.45) is 0. The number of hydrogen-bond donors (Lipinski definition) is 6. The quantitative estimate of drug-likeness (QED) is 0.108. The fraction of sp³-hybridized carbons (Fsp3) is 0.800. The number of aliphatic hydroxyl groups excluding tert-OH is 1. The molecule has 0 aromatic rings. The van der Waals surface area contributed by atoms with Crippen LogP contribution in [0.5, 0.6) is 0 Å². The summed E-state index contributed by atoms with van der Waals surface area (Å²) >= 11 is 0. The number of nitrogens with zero attached hydrogens (tertiary/aromatic N) is 4. The third kappa shape index (κ3) is 23.7. The van der Waals surface area contributed by atoms with Crippen molar-refractivity contribution >= 4 is 34.0 Å². The van der Waals surface area contributed by atoms with Crippen molar-refractivity contribution in [2.24, 2.45) is 0 Å². The molecule has 0 radical (unpaired) electrons. The van der Waals surface area contributed by atoms with E-state index in [1.54, 1.807) is 0 Å². The van der Waals surface area contributed by atoms with Crippen LogP contribution in [-0.4, -0.2) is 173 Å². The van der Waals surface area contributed by atoms with Gasteiger partial charge in [0.25, 0.3) is 10.1 Å². The van der Waals surface area contributed by atoms with Gasteiger partial charge in [0.1, 0.15) is 0 Å². The van der Waals surface area contributed by atoms with Crippen molar-refractivity contribution in [1.82, 2.24) is 19.6 Å². The zero-order valence-corrected chi connectivity index (χ0v) is 20.0. The van der Waals surface area contributed by atoms with Crippen LogP contribution in [0.1, 0.15) is 14.9 Å². The van der Waals surface area contributed by atoms with Gasteiger partial charge < -0.3 is 25.5 Å². The van der Waals surface area contributed by atoms with Gasteiger partial charge in [-0.25, -0.2) is 0 Å². The van der Waals surface area contributed by atoms with Gasteiger partial charge in [0.15, 0.2) is 0 Å². The zero-order valence-electron chi connectivity index (χ0n) is 19.2. The Morgan fingerprint density at radius 1 is 0.649 bits per heavy atom. The number of carboxylic acids is 4. The largest absolute Gasteiger partial charge is 0.480 e. The molecule has 0 amide bonds. The lowest BCUT2D eigenvalue weighted by Crippen LogP contribution is -2.48. The molecule has 1 rings (SSSR count). The first-order valence-electron chi connectivity index (χ1n) is 10.5. The number of aliphatic hydroxyl groups is 1. The van der Waals surface area contributed by atoms with Gasteiger partial charge >= 0.3 is 23.9 Å². The Labute approximate surface area is 217 Å². The average Bonchev–Trinajstić information content (AvgIpc) is 2.70. The van der Waals surface area contributed by atoms with Crippen LogP contribution in [-0.2, 0) is 29.3 Å². The molecule has 37 heavy (non-hydrogen) atoms. The SMILES string of the molecule is C.C.O=C(O)CN(CCN(CC(=O)O)CC(=O)O)CC(=O)O.O=S(=O)(O)CCN1CCN(CCO)CC1.